The van der Waals surface area contributed by atoms with Gasteiger partial charge in [0.1, 0.15) is 42.0 Å². The fraction of sp³-hybridized carbons (Fsp3) is 0.478. The van der Waals surface area contributed by atoms with Gasteiger partial charge in [-0.1, -0.05) is 29.8 Å². The largest absolute Gasteiger partial charge is 0.497 e. The minimum atomic E-state index is -1.45. The normalized spacial score (nSPS) is 28.0. The molecule has 4 rings (SSSR count). The minimum absolute atomic E-state index is 0.480. The Bertz CT molecular complexity index is 915. The highest BCUT2D eigenvalue weighted by molar-refractivity contribution is 6.33. The number of methoxy groups -OCH3 is 1. The first-order valence-corrected chi connectivity index (χ1v) is 10.7. The first kappa shape index (κ1) is 22.3. The van der Waals surface area contributed by atoms with Crippen molar-refractivity contribution in [2.45, 2.75) is 49.8 Å². The lowest BCUT2D eigenvalue weighted by atomic mass is 9.85. The average molecular weight is 451 g/mol. The zero-order valence-electron chi connectivity index (χ0n) is 17.2. The summed E-state index contributed by atoms with van der Waals surface area (Å²) < 4.78 is 16.9. The van der Waals surface area contributed by atoms with Crippen molar-refractivity contribution in [2.75, 3.05) is 20.3 Å². The summed E-state index contributed by atoms with van der Waals surface area (Å²) in [5, 5.41) is 41.2. The number of benzene rings is 2. The van der Waals surface area contributed by atoms with Gasteiger partial charge in [0.25, 0.3) is 0 Å². The van der Waals surface area contributed by atoms with E-state index in [1.165, 1.54) is 0 Å². The van der Waals surface area contributed by atoms with E-state index < -0.39 is 37.1 Å². The van der Waals surface area contributed by atoms with Gasteiger partial charge in [0.05, 0.1) is 25.3 Å². The van der Waals surface area contributed by atoms with E-state index in [-0.39, 0.29) is 0 Å². The number of ether oxygens (including phenoxy) is 3. The van der Waals surface area contributed by atoms with E-state index in [9.17, 15) is 20.4 Å². The SMILES string of the molecule is COc1ccc(Cc2cc([C@@H]3O[C@H](CO)[C@@H](O)[C@H](O)[C@H]3O)c3c(c2Cl)OCCC3)cc1. The molecule has 1 saturated heterocycles. The lowest BCUT2D eigenvalue weighted by Gasteiger charge is -2.41. The third-order valence-corrected chi connectivity index (χ3v) is 6.42. The predicted molar refractivity (Wildman–Crippen MR) is 114 cm³/mol. The van der Waals surface area contributed by atoms with Crippen LogP contribution in [0.2, 0.25) is 5.02 Å². The van der Waals surface area contributed by atoms with Gasteiger partial charge in [0.2, 0.25) is 0 Å². The minimum Gasteiger partial charge on any atom is -0.497 e. The second-order valence-corrected chi connectivity index (χ2v) is 8.35. The summed E-state index contributed by atoms with van der Waals surface area (Å²) >= 11 is 6.71. The van der Waals surface area contributed by atoms with Crippen molar-refractivity contribution in [1.82, 2.24) is 0 Å². The zero-order valence-corrected chi connectivity index (χ0v) is 18.0. The van der Waals surface area contributed by atoms with Crippen LogP contribution in [0, 0.1) is 0 Å². The van der Waals surface area contributed by atoms with Crippen LogP contribution in [0.1, 0.15) is 34.8 Å². The maximum Gasteiger partial charge on any atom is 0.141 e. The topological polar surface area (TPSA) is 109 Å². The van der Waals surface area contributed by atoms with E-state index >= 15 is 0 Å². The van der Waals surface area contributed by atoms with Gasteiger partial charge < -0.3 is 34.6 Å². The quantitative estimate of drug-likeness (QED) is 0.549. The molecule has 0 saturated carbocycles. The van der Waals surface area contributed by atoms with E-state index in [4.69, 9.17) is 25.8 Å². The standard InChI is InChI=1S/C23H27ClO7/c1-29-14-6-4-12(5-7-14)9-13-10-16(15-3-2-8-30-22(15)18(13)24)23-21(28)20(27)19(26)17(11-25)31-23/h4-7,10,17,19-21,23,25-28H,2-3,8-9,11H2,1H3/t17-,19-,20+,21-,23+/m1/s1. The third-order valence-electron chi connectivity index (χ3n) is 6.00. The van der Waals surface area contributed by atoms with Crippen LogP contribution in [-0.2, 0) is 17.6 Å². The molecule has 31 heavy (non-hydrogen) atoms. The third kappa shape index (κ3) is 4.26. The van der Waals surface area contributed by atoms with Crippen molar-refractivity contribution in [1.29, 1.82) is 0 Å². The summed E-state index contributed by atoms with van der Waals surface area (Å²) in [5.41, 5.74) is 3.27. The van der Waals surface area contributed by atoms with Crippen LogP contribution >= 0.6 is 11.6 Å². The Morgan fingerprint density at radius 1 is 1.10 bits per heavy atom. The van der Waals surface area contributed by atoms with E-state index in [0.717, 1.165) is 28.9 Å². The molecule has 5 atom stereocenters. The van der Waals surface area contributed by atoms with Crippen molar-refractivity contribution >= 4 is 11.6 Å². The summed E-state index contributed by atoms with van der Waals surface area (Å²) in [6, 6.07) is 9.51. The highest BCUT2D eigenvalue weighted by Gasteiger charge is 2.45. The maximum absolute atomic E-state index is 10.7. The Labute approximate surface area is 185 Å². The molecule has 168 valence electrons. The summed E-state index contributed by atoms with van der Waals surface area (Å²) in [6.07, 6.45) is -4.15. The van der Waals surface area contributed by atoms with Crippen LogP contribution in [0.3, 0.4) is 0 Å². The van der Waals surface area contributed by atoms with Crippen LogP contribution in [0.5, 0.6) is 11.5 Å². The molecular formula is C23H27ClO7. The van der Waals surface area contributed by atoms with Gasteiger partial charge in [-0.25, -0.2) is 0 Å². The van der Waals surface area contributed by atoms with Crippen LogP contribution < -0.4 is 9.47 Å². The molecule has 2 aliphatic rings. The Hall–Kier alpha value is -1.87. The van der Waals surface area contributed by atoms with Crippen molar-refractivity contribution < 1.29 is 34.6 Å². The maximum atomic E-state index is 10.7. The number of halogens is 1. The van der Waals surface area contributed by atoms with E-state index in [2.05, 4.69) is 0 Å². The molecule has 0 bridgehead atoms. The first-order chi connectivity index (χ1) is 14.9. The number of aliphatic hydroxyl groups is 4. The monoisotopic (exact) mass is 450 g/mol. The van der Waals surface area contributed by atoms with Gasteiger partial charge >= 0.3 is 0 Å². The van der Waals surface area contributed by atoms with Gasteiger partial charge in [0, 0.05) is 5.56 Å². The lowest BCUT2D eigenvalue weighted by molar-refractivity contribution is -0.232. The Balaban J connectivity index is 1.75. The summed E-state index contributed by atoms with van der Waals surface area (Å²) in [4.78, 5) is 0. The number of hydrogen-bond acceptors (Lipinski definition) is 7. The van der Waals surface area contributed by atoms with Crippen molar-refractivity contribution in [3.05, 3.63) is 57.6 Å². The highest BCUT2D eigenvalue weighted by Crippen LogP contribution is 2.44. The van der Waals surface area contributed by atoms with Crippen molar-refractivity contribution in [2.24, 2.45) is 0 Å². The van der Waals surface area contributed by atoms with Gasteiger partial charge in [-0.3, -0.25) is 0 Å². The lowest BCUT2D eigenvalue weighted by Crippen LogP contribution is -2.55. The molecule has 7 nitrogen and oxygen atoms in total. The van der Waals surface area contributed by atoms with Crippen LogP contribution in [0.15, 0.2) is 30.3 Å². The molecule has 0 radical (unpaired) electrons. The molecular weight excluding hydrogens is 424 g/mol. The molecule has 0 spiro atoms. The van der Waals surface area contributed by atoms with Crippen LogP contribution in [0.25, 0.3) is 0 Å². The molecule has 4 N–H and O–H groups in total. The molecule has 2 aromatic rings. The number of hydrogen-bond donors (Lipinski definition) is 4. The fourth-order valence-corrected chi connectivity index (χ4v) is 4.57. The molecule has 2 heterocycles. The molecule has 0 amide bonds. The number of rotatable bonds is 5. The zero-order chi connectivity index (χ0) is 22.1. The fourth-order valence-electron chi connectivity index (χ4n) is 4.28. The van der Waals surface area contributed by atoms with Gasteiger partial charge in [-0.15, -0.1) is 0 Å². The molecule has 8 heteroatoms. The molecule has 0 aromatic heterocycles. The number of aliphatic hydroxyl groups excluding tert-OH is 4. The van der Waals surface area contributed by atoms with Gasteiger partial charge in [-0.2, -0.15) is 0 Å². The van der Waals surface area contributed by atoms with Crippen molar-refractivity contribution in [3.8, 4) is 11.5 Å². The predicted octanol–water partition coefficient (Wildman–Crippen LogP) is 1.78. The van der Waals surface area contributed by atoms with Gasteiger partial charge in [0.15, 0.2) is 0 Å². The van der Waals surface area contributed by atoms with Crippen LogP contribution in [0.4, 0.5) is 0 Å². The molecule has 2 aromatic carbocycles. The second-order valence-electron chi connectivity index (χ2n) is 7.97. The van der Waals surface area contributed by atoms with E-state index in [0.29, 0.717) is 35.8 Å². The van der Waals surface area contributed by atoms with Crippen molar-refractivity contribution in [3.63, 3.8) is 0 Å². The first-order valence-electron chi connectivity index (χ1n) is 10.3. The average Bonchev–Trinajstić information content (AvgIpc) is 2.80. The Kier molecular flexibility index (Phi) is 6.71. The van der Waals surface area contributed by atoms with Crippen LogP contribution in [-0.4, -0.2) is 65.2 Å². The Morgan fingerprint density at radius 3 is 2.52 bits per heavy atom. The smallest absolute Gasteiger partial charge is 0.141 e. The van der Waals surface area contributed by atoms with E-state index in [1.807, 2.05) is 30.3 Å². The summed E-state index contributed by atoms with van der Waals surface area (Å²) in [7, 11) is 1.61. The molecule has 1 fully saturated rings. The molecule has 0 unspecified atom stereocenters. The Morgan fingerprint density at radius 2 is 1.84 bits per heavy atom. The highest BCUT2D eigenvalue weighted by atomic mass is 35.5. The molecule has 2 aliphatic heterocycles. The summed E-state index contributed by atoms with van der Waals surface area (Å²) in [6.45, 7) is 0.0548. The number of fused-ring (bicyclic) bond motifs is 1. The van der Waals surface area contributed by atoms with E-state index in [1.54, 1.807) is 7.11 Å². The van der Waals surface area contributed by atoms with Gasteiger partial charge in [-0.05, 0) is 48.1 Å². The summed E-state index contributed by atoms with van der Waals surface area (Å²) in [5.74, 6) is 1.32. The second kappa shape index (κ2) is 9.32. The molecule has 0 aliphatic carbocycles.